The number of hydrogen-bond acceptors (Lipinski definition) is 4. The minimum Gasteiger partial charge on any atom is -0.478 e. The minimum atomic E-state index is -3.69. The molecule has 0 saturated carbocycles. The van der Waals surface area contributed by atoms with Crippen LogP contribution in [0, 0.1) is 5.92 Å². The number of rotatable bonds is 7. The van der Waals surface area contributed by atoms with Gasteiger partial charge in [0, 0.05) is 13.2 Å². The van der Waals surface area contributed by atoms with Crippen LogP contribution < -0.4 is 4.72 Å². The first kappa shape index (κ1) is 16.6. The number of ether oxygens (including phenoxy) is 1. The van der Waals surface area contributed by atoms with E-state index in [9.17, 15) is 13.2 Å². The van der Waals surface area contributed by atoms with E-state index in [1.807, 2.05) is 13.8 Å². The first-order chi connectivity index (χ1) is 9.27. The maximum atomic E-state index is 12.2. The van der Waals surface area contributed by atoms with Crippen LogP contribution in [-0.2, 0) is 14.8 Å². The largest absolute Gasteiger partial charge is 0.478 e. The Kier molecular flexibility index (Phi) is 5.67. The van der Waals surface area contributed by atoms with Crippen LogP contribution in [0.5, 0.6) is 0 Å². The van der Waals surface area contributed by atoms with E-state index in [-0.39, 0.29) is 29.0 Å². The van der Waals surface area contributed by atoms with Crippen LogP contribution in [0.1, 0.15) is 24.2 Å². The number of benzene rings is 1. The highest BCUT2D eigenvalue weighted by Crippen LogP contribution is 2.13. The molecule has 0 bridgehead atoms. The zero-order valence-corrected chi connectivity index (χ0v) is 12.5. The van der Waals surface area contributed by atoms with E-state index in [1.54, 1.807) is 0 Å². The van der Waals surface area contributed by atoms with E-state index in [1.165, 1.54) is 31.4 Å². The van der Waals surface area contributed by atoms with Gasteiger partial charge < -0.3 is 9.84 Å². The molecule has 20 heavy (non-hydrogen) atoms. The first-order valence-corrected chi connectivity index (χ1v) is 7.61. The summed E-state index contributed by atoms with van der Waals surface area (Å²) in [6, 6.07) is 4.73. The zero-order valence-electron chi connectivity index (χ0n) is 11.7. The van der Waals surface area contributed by atoms with E-state index < -0.39 is 16.0 Å². The van der Waals surface area contributed by atoms with Gasteiger partial charge in [0.1, 0.15) is 0 Å². The highest BCUT2D eigenvalue weighted by atomic mass is 32.2. The Morgan fingerprint density at radius 2 is 1.85 bits per heavy atom. The fourth-order valence-electron chi connectivity index (χ4n) is 1.59. The predicted molar refractivity (Wildman–Crippen MR) is 74.2 cm³/mol. The number of nitrogens with one attached hydrogen (secondary N) is 1. The maximum Gasteiger partial charge on any atom is 0.335 e. The van der Waals surface area contributed by atoms with Gasteiger partial charge >= 0.3 is 5.97 Å². The molecule has 0 aromatic heterocycles. The van der Waals surface area contributed by atoms with Crippen molar-refractivity contribution in [1.82, 2.24) is 4.72 Å². The molecule has 0 spiro atoms. The Morgan fingerprint density at radius 3 is 2.25 bits per heavy atom. The smallest absolute Gasteiger partial charge is 0.335 e. The van der Waals surface area contributed by atoms with Crippen molar-refractivity contribution in [3.63, 3.8) is 0 Å². The third-order valence-corrected chi connectivity index (χ3v) is 4.37. The lowest BCUT2D eigenvalue weighted by atomic mass is 10.1. The number of aromatic carboxylic acids is 1. The summed E-state index contributed by atoms with van der Waals surface area (Å²) < 4.78 is 31.9. The van der Waals surface area contributed by atoms with E-state index in [4.69, 9.17) is 9.84 Å². The summed E-state index contributed by atoms with van der Waals surface area (Å²) in [6.07, 6.45) is 0. The molecule has 0 aliphatic heterocycles. The summed E-state index contributed by atoms with van der Waals surface area (Å²) in [4.78, 5) is 10.8. The van der Waals surface area contributed by atoms with Gasteiger partial charge in [0.15, 0.2) is 0 Å². The molecular formula is C13H19NO5S. The van der Waals surface area contributed by atoms with Crippen LogP contribution in [0.25, 0.3) is 0 Å². The summed E-state index contributed by atoms with van der Waals surface area (Å²) in [7, 11) is -2.19. The zero-order chi connectivity index (χ0) is 15.3. The fraction of sp³-hybridized carbons (Fsp3) is 0.462. The molecule has 1 unspecified atom stereocenters. The van der Waals surface area contributed by atoms with Crippen molar-refractivity contribution in [2.75, 3.05) is 13.7 Å². The van der Waals surface area contributed by atoms with Gasteiger partial charge in [0.25, 0.3) is 0 Å². The van der Waals surface area contributed by atoms with Gasteiger partial charge in [0.2, 0.25) is 10.0 Å². The Hall–Kier alpha value is -1.44. The fourth-order valence-corrected chi connectivity index (χ4v) is 2.96. The standard InChI is InChI=1S/C13H19NO5S/c1-9(2)12(8-19-3)14-20(17,18)11-6-4-10(5-7-11)13(15)16/h4-7,9,12,14H,8H2,1-3H3,(H,15,16). The summed E-state index contributed by atoms with van der Waals surface area (Å²) >= 11 is 0. The van der Waals surface area contributed by atoms with Gasteiger partial charge in [-0.15, -0.1) is 0 Å². The Balaban J connectivity index is 2.95. The molecule has 112 valence electrons. The molecule has 0 saturated heterocycles. The Labute approximate surface area is 118 Å². The van der Waals surface area contributed by atoms with Crippen molar-refractivity contribution >= 4 is 16.0 Å². The van der Waals surface area contributed by atoms with Crippen molar-refractivity contribution in [2.24, 2.45) is 5.92 Å². The van der Waals surface area contributed by atoms with Crippen LogP contribution >= 0.6 is 0 Å². The molecule has 0 aliphatic carbocycles. The molecule has 2 N–H and O–H groups in total. The topological polar surface area (TPSA) is 92.7 Å². The molecule has 0 aliphatic rings. The number of hydrogen-bond donors (Lipinski definition) is 2. The lowest BCUT2D eigenvalue weighted by Gasteiger charge is -2.21. The van der Waals surface area contributed by atoms with Crippen LogP contribution in [-0.4, -0.2) is 39.3 Å². The SMILES string of the molecule is COCC(NS(=O)(=O)c1ccc(C(=O)O)cc1)C(C)C. The van der Waals surface area contributed by atoms with Crippen molar-refractivity contribution in [1.29, 1.82) is 0 Å². The molecule has 0 amide bonds. The van der Waals surface area contributed by atoms with E-state index in [0.717, 1.165) is 0 Å². The van der Waals surface area contributed by atoms with Gasteiger partial charge in [-0.1, -0.05) is 13.8 Å². The van der Waals surface area contributed by atoms with Gasteiger partial charge in [-0.25, -0.2) is 17.9 Å². The van der Waals surface area contributed by atoms with Gasteiger partial charge in [-0.3, -0.25) is 0 Å². The maximum absolute atomic E-state index is 12.2. The normalized spacial score (nSPS) is 13.4. The summed E-state index contributed by atoms with van der Waals surface area (Å²) in [5, 5.41) is 8.79. The second-order valence-corrected chi connectivity index (χ2v) is 6.47. The molecule has 6 nitrogen and oxygen atoms in total. The Bertz CT molecular complexity index is 551. The number of carboxylic acids is 1. The van der Waals surface area contributed by atoms with Crippen molar-refractivity contribution in [2.45, 2.75) is 24.8 Å². The molecule has 1 aromatic carbocycles. The van der Waals surface area contributed by atoms with Crippen LogP contribution in [0.15, 0.2) is 29.2 Å². The minimum absolute atomic E-state index is 0.0317. The number of sulfonamides is 1. The van der Waals surface area contributed by atoms with E-state index >= 15 is 0 Å². The highest BCUT2D eigenvalue weighted by Gasteiger charge is 2.22. The van der Waals surface area contributed by atoms with E-state index in [2.05, 4.69) is 4.72 Å². The molecule has 0 heterocycles. The summed E-state index contributed by atoms with van der Waals surface area (Å²) in [5.74, 6) is -1.02. The average Bonchev–Trinajstić information content (AvgIpc) is 2.38. The highest BCUT2D eigenvalue weighted by molar-refractivity contribution is 7.89. The number of carbonyl (C=O) groups is 1. The van der Waals surface area contributed by atoms with Crippen molar-refractivity contribution < 1.29 is 23.1 Å². The lowest BCUT2D eigenvalue weighted by molar-refractivity contribution is 0.0696. The molecule has 0 radical (unpaired) electrons. The summed E-state index contributed by atoms with van der Waals surface area (Å²) in [6.45, 7) is 4.05. The number of methoxy groups -OCH3 is 1. The molecular weight excluding hydrogens is 282 g/mol. The van der Waals surface area contributed by atoms with Crippen molar-refractivity contribution in [3.8, 4) is 0 Å². The second kappa shape index (κ2) is 6.83. The third kappa shape index (κ3) is 4.29. The monoisotopic (exact) mass is 301 g/mol. The van der Waals surface area contributed by atoms with Gasteiger partial charge in [0.05, 0.1) is 17.1 Å². The van der Waals surface area contributed by atoms with Gasteiger partial charge in [-0.2, -0.15) is 0 Å². The van der Waals surface area contributed by atoms with Crippen LogP contribution in [0.3, 0.4) is 0 Å². The quantitative estimate of drug-likeness (QED) is 0.792. The predicted octanol–water partition coefficient (Wildman–Crippen LogP) is 1.33. The Morgan fingerprint density at radius 1 is 1.30 bits per heavy atom. The lowest BCUT2D eigenvalue weighted by Crippen LogP contribution is -2.41. The molecule has 0 fully saturated rings. The molecule has 1 aromatic rings. The average molecular weight is 301 g/mol. The van der Waals surface area contributed by atoms with Crippen LogP contribution in [0.4, 0.5) is 0 Å². The van der Waals surface area contributed by atoms with Crippen LogP contribution in [0.2, 0.25) is 0 Å². The first-order valence-electron chi connectivity index (χ1n) is 6.12. The molecule has 1 rings (SSSR count). The molecule has 1 atom stereocenters. The summed E-state index contributed by atoms with van der Waals surface area (Å²) in [5.41, 5.74) is 0.0428. The van der Waals surface area contributed by atoms with Gasteiger partial charge in [-0.05, 0) is 30.2 Å². The van der Waals surface area contributed by atoms with Crippen molar-refractivity contribution in [3.05, 3.63) is 29.8 Å². The molecule has 7 heteroatoms. The van der Waals surface area contributed by atoms with E-state index in [0.29, 0.717) is 0 Å². The third-order valence-electron chi connectivity index (χ3n) is 2.87. The number of carboxylic acid groups (broad SMARTS) is 1. The second-order valence-electron chi connectivity index (χ2n) is 4.76.